The van der Waals surface area contributed by atoms with Crippen LogP contribution in [0, 0.1) is 3.57 Å². The van der Waals surface area contributed by atoms with E-state index in [2.05, 4.69) is 27.6 Å². The molecule has 0 atom stereocenters. The van der Waals surface area contributed by atoms with Crippen LogP contribution in [-0.4, -0.2) is 11.6 Å². The number of ether oxygens (including phenoxy) is 1. The van der Waals surface area contributed by atoms with Crippen molar-refractivity contribution in [1.29, 1.82) is 0 Å². The standard InChI is InChI=1S/C7H7ClINO/c1-2-11-6-3-7(8)10-4-5(6)9/h3-4H,2H2,1H3. The molecular formula is C7H7ClINO. The molecule has 1 aromatic heterocycles. The molecule has 0 N–H and O–H groups in total. The van der Waals surface area contributed by atoms with Crippen LogP contribution in [0.15, 0.2) is 12.3 Å². The highest BCUT2D eigenvalue weighted by Crippen LogP contribution is 2.22. The fourth-order valence-electron chi connectivity index (χ4n) is 0.662. The molecule has 0 saturated heterocycles. The fraction of sp³-hybridized carbons (Fsp3) is 0.286. The van der Waals surface area contributed by atoms with Gasteiger partial charge in [0.15, 0.2) is 0 Å². The number of halogens is 2. The highest BCUT2D eigenvalue weighted by atomic mass is 127. The maximum atomic E-state index is 5.66. The molecule has 0 bridgehead atoms. The van der Waals surface area contributed by atoms with E-state index in [9.17, 15) is 0 Å². The van der Waals surface area contributed by atoms with Gasteiger partial charge >= 0.3 is 0 Å². The van der Waals surface area contributed by atoms with Gasteiger partial charge < -0.3 is 4.74 Å². The summed E-state index contributed by atoms with van der Waals surface area (Å²) in [5, 5.41) is 0.467. The third-order valence-corrected chi connectivity index (χ3v) is 2.10. The van der Waals surface area contributed by atoms with Crippen LogP contribution in [0.1, 0.15) is 6.92 Å². The Morgan fingerprint density at radius 1 is 1.73 bits per heavy atom. The summed E-state index contributed by atoms with van der Waals surface area (Å²) in [6, 6.07) is 1.72. The van der Waals surface area contributed by atoms with Gasteiger partial charge in [0.25, 0.3) is 0 Å². The van der Waals surface area contributed by atoms with E-state index in [1.54, 1.807) is 12.3 Å². The lowest BCUT2D eigenvalue weighted by atomic mass is 10.4. The molecule has 11 heavy (non-hydrogen) atoms. The molecule has 0 unspecified atom stereocenters. The van der Waals surface area contributed by atoms with Crippen LogP contribution in [0.25, 0.3) is 0 Å². The molecule has 60 valence electrons. The van der Waals surface area contributed by atoms with Gasteiger partial charge in [-0.1, -0.05) is 11.6 Å². The van der Waals surface area contributed by atoms with Crippen molar-refractivity contribution in [2.75, 3.05) is 6.61 Å². The smallest absolute Gasteiger partial charge is 0.137 e. The number of hydrogen-bond donors (Lipinski definition) is 0. The van der Waals surface area contributed by atoms with E-state index < -0.39 is 0 Å². The average Bonchev–Trinajstić information content (AvgIpc) is 1.98. The van der Waals surface area contributed by atoms with E-state index in [0.29, 0.717) is 11.8 Å². The molecule has 0 radical (unpaired) electrons. The maximum Gasteiger partial charge on any atom is 0.137 e. The maximum absolute atomic E-state index is 5.66. The third-order valence-electron chi connectivity index (χ3n) is 1.09. The van der Waals surface area contributed by atoms with Gasteiger partial charge in [0, 0.05) is 12.3 Å². The first-order valence-corrected chi connectivity index (χ1v) is 4.63. The molecule has 0 aliphatic rings. The third kappa shape index (κ3) is 2.48. The summed E-state index contributed by atoms with van der Waals surface area (Å²) in [6.07, 6.45) is 1.69. The zero-order valence-electron chi connectivity index (χ0n) is 5.97. The van der Waals surface area contributed by atoms with Gasteiger partial charge in [-0.05, 0) is 29.5 Å². The molecule has 0 amide bonds. The van der Waals surface area contributed by atoms with Crippen LogP contribution in [0.5, 0.6) is 5.75 Å². The first kappa shape index (κ1) is 9.06. The Hall–Kier alpha value is -0.0300. The molecule has 0 saturated carbocycles. The predicted octanol–water partition coefficient (Wildman–Crippen LogP) is 2.74. The van der Waals surface area contributed by atoms with E-state index in [0.717, 1.165) is 9.32 Å². The van der Waals surface area contributed by atoms with Crippen molar-refractivity contribution in [3.05, 3.63) is 21.0 Å². The Morgan fingerprint density at radius 3 is 3.09 bits per heavy atom. The van der Waals surface area contributed by atoms with Crippen molar-refractivity contribution in [3.8, 4) is 5.75 Å². The van der Waals surface area contributed by atoms with Gasteiger partial charge in [0.05, 0.1) is 10.2 Å². The van der Waals surface area contributed by atoms with Crippen molar-refractivity contribution in [2.45, 2.75) is 6.92 Å². The van der Waals surface area contributed by atoms with E-state index in [1.807, 2.05) is 6.92 Å². The second-order valence-corrected chi connectivity index (χ2v) is 3.42. The van der Waals surface area contributed by atoms with Crippen molar-refractivity contribution < 1.29 is 4.74 Å². The van der Waals surface area contributed by atoms with Gasteiger partial charge in [0.2, 0.25) is 0 Å². The Morgan fingerprint density at radius 2 is 2.45 bits per heavy atom. The Labute approximate surface area is 84.1 Å². The minimum Gasteiger partial charge on any atom is -0.493 e. The zero-order chi connectivity index (χ0) is 8.27. The van der Waals surface area contributed by atoms with Gasteiger partial charge in [0.1, 0.15) is 10.9 Å². The molecule has 1 rings (SSSR count). The van der Waals surface area contributed by atoms with Gasteiger partial charge in [-0.15, -0.1) is 0 Å². The van der Waals surface area contributed by atoms with Gasteiger partial charge in [-0.3, -0.25) is 0 Å². The summed E-state index contributed by atoms with van der Waals surface area (Å²) in [4.78, 5) is 3.90. The summed E-state index contributed by atoms with van der Waals surface area (Å²) in [7, 11) is 0. The van der Waals surface area contributed by atoms with Crippen molar-refractivity contribution in [1.82, 2.24) is 4.98 Å². The predicted molar refractivity (Wildman–Crippen MR) is 53.1 cm³/mol. The first-order valence-electron chi connectivity index (χ1n) is 3.18. The Bertz CT molecular complexity index is 254. The molecular weight excluding hydrogens is 276 g/mol. The second-order valence-electron chi connectivity index (χ2n) is 1.87. The monoisotopic (exact) mass is 283 g/mol. The second kappa shape index (κ2) is 4.11. The summed E-state index contributed by atoms with van der Waals surface area (Å²) in [5.41, 5.74) is 0. The van der Waals surface area contributed by atoms with Crippen LogP contribution >= 0.6 is 34.2 Å². The van der Waals surface area contributed by atoms with Gasteiger partial charge in [-0.25, -0.2) is 4.98 Å². The number of nitrogens with zero attached hydrogens (tertiary/aromatic N) is 1. The van der Waals surface area contributed by atoms with Crippen LogP contribution in [0.4, 0.5) is 0 Å². The summed E-state index contributed by atoms with van der Waals surface area (Å²) >= 11 is 7.81. The summed E-state index contributed by atoms with van der Waals surface area (Å²) in [6.45, 7) is 2.58. The van der Waals surface area contributed by atoms with E-state index in [-0.39, 0.29) is 0 Å². The quantitative estimate of drug-likeness (QED) is 0.615. The zero-order valence-corrected chi connectivity index (χ0v) is 8.89. The van der Waals surface area contributed by atoms with Crippen LogP contribution in [-0.2, 0) is 0 Å². The van der Waals surface area contributed by atoms with Crippen LogP contribution in [0.3, 0.4) is 0 Å². The normalized spacial score (nSPS) is 9.73. The largest absolute Gasteiger partial charge is 0.493 e. The molecule has 4 heteroatoms. The topological polar surface area (TPSA) is 22.1 Å². The fourth-order valence-corrected chi connectivity index (χ4v) is 1.26. The highest BCUT2D eigenvalue weighted by Gasteiger charge is 2.00. The highest BCUT2D eigenvalue weighted by molar-refractivity contribution is 14.1. The number of aromatic nitrogens is 1. The first-order chi connectivity index (χ1) is 5.24. The van der Waals surface area contributed by atoms with Crippen LogP contribution < -0.4 is 4.74 Å². The Kier molecular flexibility index (Phi) is 3.39. The lowest BCUT2D eigenvalue weighted by Crippen LogP contribution is -1.94. The van der Waals surface area contributed by atoms with Crippen molar-refractivity contribution >= 4 is 34.2 Å². The minimum absolute atomic E-state index is 0.467. The van der Waals surface area contributed by atoms with Crippen LogP contribution in [0.2, 0.25) is 5.15 Å². The minimum atomic E-state index is 0.467. The molecule has 0 aromatic carbocycles. The molecule has 0 fully saturated rings. The molecule has 0 aliphatic heterocycles. The lowest BCUT2D eigenvalue weighted by molar-refractivity contribution is 0.337. The lowest BCUT2D eigenvalue weighted by Gasteiger charge is -2.04. The molecule has 0 spiro atoms. The van der Waals surface area contributed by atoms with Crippen molar-refractivity contribution in [2.24, 2.45) is 0 Å². The average molecular weight is 283 g/mol. The molecule has 0 aliphatic carbocycles. The van der Waals surface area contributed by atoms with E-state index in [1.165, 1.54) is 0 Å². The number of pyridine rings is 1. The number of hydrogen-bond acceptors (Lipinski definition) is 2. The van der Waals surface area contributed by atoms with E-state index in [4.69, 9.17) is 16.3 Å². The van der Waals surface area contributed by atoms with Crippen molar-refractivity contribution in [3.63, 3.8) is 0 Å². The number of rotatable bonds is 2. The summed E-state index contributed by atoms with van der Waals surface area (Å²) < 4.78 is 6.27. The molecule has 2 nitrogen and oxygen atoms in total. The molecule has 1 heterocycles. The van der Waals surface area contributed by atoms with Gasteiger partial charge in [-0.2, -0.15) is 0 Å². The van der Waals surface area contributed by atoms with E-state index >= 15 is 0 Å². The Balaban J connectivity index is 2.93. The summed E-state index contributed by atoms with van der Waals surface area (Å²) in [5.74, 6) is 0.799. The molecule has 1 aromatic rings. The SMILES string of the molecule is CCOc1cc(Cl)ncc1I.